The van der Waals surface area contributed by atoms with Crippen LogP contribution in [0, 0.1) is 6.92 Å². The molecule has 0 amide bonds. The number of thiocarbonyl (C=S) groups is 1. The number of benzene rings is 3. The monoisotopic (exact) mass is 385 g/mol. The minimum Gasteiger partial charge on any atom is -0.331 e. The normalized spacial score (nSPS) is 10.5. The van der Waals surface area contributed by atoms with Crippen molar-refractivity contribution in [2.24, 2.45) is 0 Å². The Balaban J connectivity index is 1.62. The topological polar surface area (TPSA) is 61.9 Å². The molecule has 0 unspecified atom stereocenters. The highest BCUT2D eigenvalue weighted by Crippen LogP contribution is 2.26. The standard InChI is InChI=1S/C22H19N5S/c1-15-11-13-16(14-12-15)20-21(25-19-10-6-5-9-18(19)24-20)26-27-22(28)23-17-7-3-2-4-8-17/h2-14H,1H3,(H,25,26)(H2,23,27,28). The molecule has 4 aromatic rings. The number of hydrazine groups is 1. The number of aryl methyl sites for hydroxylation is 1. The predicted octanol–water partition coefficient (Wildman–Crippen LogP) is 4.92. The van der Waals surface area contributed by atoms with Crippen molar-refractivity contribution >= 4 is 39.9 Å². The minimum absolute atomic E-state index is 0.441. The van der Waals surface area contributed by atoms with E-state index in [-0.39, 0.29) is 0 Å². The number of para-hydroxylation sites is 3. The molecule has 1 heterocycles. The molecular weight excluding hydrogens is 366 g/mol. The summed E-state index contributed by atoms with van der Waals surface area (Å²) in [6.45, 7) is 2.06. The van der Waals surface area contributed by atoms with Crippen LogP contribution in [0.3, 0.4) is 0 Å². The lowest BCUT2D eigenvalue weighted by Gasteiger charge is -2.15. The first kappa shape index (κ1) is 17.9. The molecule has 3 N–H and O–H groups in total. The average molecular weight is 385 g/mol. The quantitative estimate of drug-likeness (QED) is 0.342. The summed E-state index contributed by atoms with van der Waals surface area (Å²) >= 11 is 5.38. The van der Waals surface area contributed by atoms with Crippen LogP contribution < -0.4 is 16.2 Å². The first-order valence-electron chi connectivity index (χ1n) is 8.91. The van der Waals surface area contributed by atoms with Gasteiger partial charge in [0.15, 0.2) is 10.9 Å². The summed E-state index contributed by atoms with van der Waals surface area (Å²) in [6, 6.07) is 25.7. The van der Waals surface area contributed by atoms with Crippen LogP contribution in [-0.4, -0.2) is 15.1 Å². The van der Waals surface area contributed by atoms with Gasteiger partial charge < -0.3 is 5.32 Å². The van der Waals surface area contributed by atoms with Crippen molar-refractivity contribution in [2.75, 3.05) is 10.7 Å². The number of nitrogens with one attached hydrogen (secondary N) is 3. The molecule has 6 heteroatoms. The molecule has 0 radical (unpaired) electrons. The Morgan fingerprint density at radius 3 is 2.14 bits per heavy atom. The summed E-state index contributed by atoms with van der Waals surface area (Å²) in [5.41, 5.74) is 11.6. The molecule has 3 aromatic carbocycles. The Morgan fingerprint density at radius 2 is 1.43 bits per heavy atom. The van der Waals surface area contributed by atoms with Crippen LogP contribution in [0.25, 0.3) is 22.3 Å². The van der Waals surface area contributed by atoms with Gasteiger partial charge >= 0.3 is 0 Å². The van der Waals surface area contributed by atoms with Crippen LogP contribution in [0.4, 0.5) is 11.5 Å². The van der Waals surface area contributed by atoms with Crippen molar-refractivity contribution in [3.8, 4) is 11.3 Å². The Morgan fingerprint density at radius 1 is 0.786 bits per heavy atom. The maximum Gasteiger partial charge on any atom is 0.189 e. The van der Waals surface area contributed by atoms with E-state index in [1.165, 1.54) is 5.56 Å². The van der Waals surface area contributed by atoms with Gasteiger partial charge in [-0.25, -0.2) is 9.97 Å². The lowest BCUT2D eigenvalue weighted by molar-refractivity contribution is 1.09. The van der Waals surface area contributed by atoms with Crippen LogP contribution in [0.15, 0.2) is 78.9 Å². The lowest BCUT2D eigenvalue weighted by atomic mass is 10.1. The van der Waals surface area contributed by atoms with E-state index >= 15 is 0 Å². The first-order chi connectivity index (χ1) is 13.7. The molecule has 0 bridgehead atoms. The van der Waals surface area contributed by atoms with Gasteiger partial charge in [0, 0.05) is 11.3 Å². The number of nitrogens with zero attached hydrogens (tertiary/aromatic N) is 2. The molecule has 0 saturated carbocycles. The third-order valence-corrected chi connectivity index (χ3v) is 4.43. The molecule has 0 saturated heterocycles. The fraction of sp³-hybridized carbons (Fsp3) is 0.0455. The van der Waals surface area contributed by atoms with Crippen LogP contribution in [0.2, 0.25) is 0 Å². The molecule has 0 aliphatic carbocycles. The van der Waals surface area contributed by atoms with Gasteiger partial charge in [-0.1, -0.05) is 60.2 Å². The van der Waals surface area contributed by atoms with E-state index in [9.17, 15) is 0 Å². The highest BCUT2D eigenvalue weighted by Gasteiger charge is 2.11. The van der Waals surface area contributed by atoms with Crippen LogP contribution in [-0.2, 0) is 0 Å². The van der Waals surface area contributed by atoms with Gasteiger partial charge in [-0.05, 0) is 43.4 Å². The molecule has 28 heavy (non-hydrogen) atoms. The number of rotatable bonds is 4. The van der Waals surface area contributed by atoms with E-state index in [0.717, 1.165) is 28.0 Å². The summed E-state index contributed by atoms with van der Waals surface area (Å²) in [6.07, 6.45) is 0. The zero-order valence-electron chi connectivity index (χ0n) is 15.3. The van der Waals surface area contributed by atoms with Gasteiger partial charge in [0.25, 0.3) is 0 Å². The molecule has 0 spiro atoms. The zero-order valence-corrected chi connectivity index (χ0v) is 16.1. The molecule has 4 rings (SSSR count). The molecule has 0 fully saturated rings. The van der Waals surface area contributed by atoms with Crippen molar-refractivity contribution in [2.45, 2.75) is 6.92 Å². The second-order valence-electron chi connectivity index (χ2n) is 6.35. The second kappa shape index (κ2) is 8.02. The van der Waals surface area contributed by atoms with Crippen molar-refractivity contribution in [3.63, 3.8) is 0 Å². The number of anilines is 2. The predicted molar refractivity (Wildman–Crippen MR) is 119 cm³/mol. The largest absolute Gasteiger partial charge is 0.331 e. The van der Waals surface area contributed by atoms with Gasteiger partial charge in [-0.3, -0.25) is 10.9 Å². The van der Waals surface area contributed by atoms with E-state index in [1.807, 2.05) is 66.7 Å². The van der Waals surface area contributed by atoms with Crippen molar-refractivity contribution in [3.05, 3.63) is 84.4 Å². The van der Waals surface area contributed by atoms with Gasteiger partial charge in [0.05, 0.1) is 11.0 Å². The molecule has 1 aromatic heterocycles. The number of hydrogen-bond donors (Lipinski definition) is 3. The number of hydrogen-bond acceptors (Lipinski definition) is 4. The van der Waals surface area contributed by atoms with E-state index in [0.29, 0.717) is 10.9 Å². The summed E-state index contributed by atoms with van der Waals surface area (Å²) in [4.78, 5) is 9.54. The summed E-state index contributed by atoms with van der Waals surface area (Å²) in [7, 11) is 0. The van der Waals surface area contributed by atoms with Crippen molar-refractivity contribution in [1.82, 2.24) is 15.4 Å². The molecule has 0 aliphatic rings. The lowest BCUT2D eigenvalue weighted by Crippen LogP contribution is -2.34. The summed E-state index contributed by atoms with van der Waals surface area (Å²) < 4.78 is 0. The number of aromatic nitrogens is 2. The van der Waals surface area contributed by atoms with Gasteiger partial charge in [0.1, 0.15) is 5.69 Å². The molecule has 0 aliphatic heterocycles. The smallest absolute Gasteiger partial charge is 0.189 e. The van der Waals surface area contributed by atoms with Crippen LogP contribution in [0.5, 0.6) is 0 Å². The van der Waals surface area contributed by atoms with E-state index in [1.54, 1.807) is 0 Å². The van der Waals surface area contributed by atoms with Crippen LogP contribution in [0.1, 0.15) is 5.56 Å². The summed E-state index contributed by atoms with van der Waals surface area (Å²) in [5.74, 6) is 0.611. The molecular formula is C22H19N5S. The van der Waals surface area contributed by atoms with Crippen LogP contribution >= 0.6 is 12.2 Å². The third-order valence-electron chi connectivity index (χ3n) is 4.22. The molecule has 5 nitrogen and oxygen atoms in total. The van der Waals surface area contributed by atoms with E-state index in [4.69, 9.17) is 22.2 Å². The van der Waals surface area contributed by atoms with Crippen molar-refractivity contribution < 1.29 is 0 Å². The SMILES string of the molecule is Cc1ccc(-c2nc3ccccc3nc2NNC(=S)Nc2ccccc2)cc1. The highest BCUT2D eigenvalue weighted by molar-refractivity contribution is 7.80. The summed E-state index contributed by atoms with van der Waals surface area (Å²) in [5, 5.41) is 3.57. The molecule has 0 atom stereocenters. The maximum atomic E-state index is 5.38. The van der Waals surface area contributed by atoms with Crippen molar-refractivity contribution in [1.29, 1.82) is 0 Å². The fourth-order valence-electron chi connectivity index (χ4n) is 2.80. The second-order valence-corrected chi connectivity index (χ2v) is 6.75. The molecule has 138 valence electrons. The Kier molecular flexibility index (Phi) is 5.12. The highest BCUT2D eigenvalue weighted by atomic mass is 32.1. The van der Waals surface area contributed by atoms with Gasteiger partial charge in [-0.15, -0.1) is 0 Å². The average Bonchev–Trinajstić information content (AvgIpc) is 2.73. The Hall–Kier alpha value is -3.51. The van der Waals surface area contributed by atoms with E-state index < -0.39 is 0 Å². The zero-order chi connectivity index (χ0) is 19.3. The van der Waals surface area contributed by atoms with E-state index in [2.05, 4.69) is 35.2 Å². The Bertz CT molecular complexity index is 1110. The minimum atomic E-state index is 0.441. The Labute approximate surface area is 168 Å². The number of fused-ring (bicyclic) bond motifs is 1. The van der Waals surface area contributed by atoms with Gasteiger partial charge in [0.2, 0.25) is 0 Å². The third kappa shape index (κ3) is 4.07. The first-order valence-corrected chi connectivity index (χ1v) is 9.32. The van der Waals surface area contributed by atoms with Gasteiger partial charge in [-0.2, -0.15) is 0 Å². The fourth-order valence-corrected chi connectivity index (χ4v) is 2.97. The maximum absolute atomic E-state index is 5.38.